The lowest BCUT2D eigenvalue weighted by molar-refractivity contribution is 0.613. The summed E-state index contributed by atoms with van der Waals surface area (Å²) < 4.78 is 0. The maximum Gasteiger partial charge on any atom is 0.130 e. The van der Waals surface area contributed by atoms with E-state index in [0.29, 0.717) is 5.88 Å². The van der Waals surface area contributed by atoms with Crippen LogP contribution < -0.4 is 5.32 Å². The molecule has 0 aliphatic heterocycles. The zero-order valence-corrected chi connectivity index (χ0v) is 12.7. The van der Waals surface area contributed by atoms with Crippen LogP contribution in [0.25, 0.3) is 0 Å². The quantitative estimate of drug-likeness (QED) is 0.817. The average molecular weight is 290 g/mol. The molecule has 0 amide bonds. The summed E-state index contributed by atoms with van der Waals surface area (Å²) >= 11 is 6.19. The molecule has 1 unspecified atom stereocenters. The second-order valence-corrected chi connectivity index (χ2v) is 5.37. The minimum atomic E-state index is -0.347. The second kappa shape index (κ2) is 6.71. The van der Waals surface area contributed by atoms with Crippen molar-refractivity contribution in [3.8, 4) is 0 Å². The standard InChI is InChI=1S/C16H20ClN3/c1-3-7-14-10-15(19-12-18-14)20-16(2,11-17)13-8-5-4-6-9-13/h4-6,8-10,12H,3,7,11H2,1-2H3,(H,18,19,20). The molecule has 0 spiro atoms. The molecule has 1 aromatic carbocycles. The van der Waals surface area contributed by atoms with Crippen molar-refractivity contribution in [3.63, 3.8) is 0 Å². The van der Waals surface area contributed by atoms with Crippen LogP contribution in [0.3, 0.4) is 0 Å². The molecule has 0 aliphatic carbocycles. The van der Waals surface area contributed by atoms with E-state index in [-0.39, 0.29) is 5.54 Å². The van der Waals surface area contributed by atoms with Gasteiger partial charge < -0.3 is 5.32 Å². The van der Waals surface area contributed by atoms with E-state index >= 15 is 0 Å². The first kappa shape index (κ1) is 14.8. The Bertz CT molecular complexity index is 544. The highest BCUT2D eigenvalue weighted by Crippen LogP contribution is 2.26. The Morgan fingerprint density at radius 1 is 1.20 bits per heavy atom. The Balaban J connectivity index is 2.24. The zero-order valence-electron chi connectivity index (χ0n) is 11.9. The van der Waals surface area contributed by atoms with Gasteiger partial charge in [-0.1, -0.05) is 43.7 Å². The van der Waals surface area contributed by atoms with Gasteiger partial charge in [0.1, 0.15) is 12.1 Å². The van der Waals surface area contributed by atoms with Crippen LogP contribution in [-0.2, 0) is 12.0 Å². The third-order valence-corrected chi connectivity index (χ3v) is 3.85. The predicted molar refractivity (Wildman–Crippen MR) is 84.2 cm³/mol. The van der Waals surface area contributed by atoms with Gasteiger partial charge in [-0.15, -0.1) is 11.6 Å². The van der Waals surface area contributed by atoms with Gasteiger partial charge >= 0.3 is 0 Å². The van der Waals surface area contributed by atoms with Crippen LogP contribution in [0.2, 0.25) is 0 Å². The lowest BCUT2D eigenvalue weighted by Gasteiger charge is -2.30. The number of halogens is 1. The molecule has 106 valence electrons. The maximum absolute atomic E-state index is 6.19. The molecule has 1 heterocycles. The fraction of sp³-hybridized carbons (Fsp3) is 0.375. The van der Waals surface area contributed by atoms with Crippen LogP contribution in [-0.4, -0.2) is 15.8 Å². The van der Waals surface area contributed by atoms with E-state index in [4.69, 9.17) is 11.6 Å². The highest BCUT2D eigenvalue weighted by Gasteiger charge is 2.25. The smallest absolute Gasteiger partial charge is 0.130 e. The number of anilines is 1. The zero-order chi connectivity index (χ0) is 14.4. The summed E-state index contributed by atoms with van der Waals surface area (Å²) in [5.74, 6) is 1.28. The highest BCUT2D eigenvalue weighted by atomic mass is 35.5. The third kappa shape index (κ3) is 3.48. The van der Waals surface area contributed by atoms with E-state index in [0.717, 1.165) is 29.9 Å². The molecule has 0 saturated carbocycles. The van der Waals surface area contributed by atoms with Crippen molar-refractivity contribution in [2.45, 2.75) is 32.2 Å². The third-order valence-electron chi connectivity index (χ3n) is 3.31. The minimum Gasteiger partial charge on any atom is -0.360 e. The summed E-state index contributed by atoms with van der Waals surface area (Å²) in [7, 11) is 0. The van der Waals surface area contributed by atoms with E-state index in [2.05, 4.69) is 41.3 Å². The van der Waals surface area contributed by atoms with Crippen LogP contribution in [0.1, 0.15) is 31.5 Å². The van der Waals surface area contributed by atoms with Crippen molar-refractivity contribution in [2.24, 2.45) is 0 Å². The fourth-order valence-electron chi connectivity index (χ4n) is 2.13. The Kier molecular flexibility index (Phi) is 4.96. The van der Waals surface area contributed by atoms with Crippen LogP contribution in [0, 0.1) is 0 Å². The molecule has 1 N–H and O–H groups in total. The first-order valence-corrected chi connectivity index (χ1v) is 7.42. The van der Waals surface area contributed by atoms with Crippen molar-refractivity contribution in [3.05, 3.63) is 54.0 Å². The average Bonchev–Trinajstić information content (AvgIpc) is 2.49. The highest BCUT2D eigenvalue weighted by molar-refractivity contribution is 6.18. The topological polar surface area (TPSA) is 37.8 Å². The molecular formula is C16H20ClN3. The van der Waals surface area contributed by atoms with Gasteiger partial charge in [0.05, 0.1) is 5.54 Å². The van der Waals surface area contributed by atoms with E-state index in [9.17, 15) is 0 Å². The largest absolute Gasteiger partial charge is 0.360 e. The number of nitrogens with one attached hydrogen (secondary N) is 1. The summed E-state index contributed by atoms with van der Waals surface area (Å²) in [4.78, 5) is 8.57. The van der Waals surface area contributed by atoms with Crippen molar-refractivity contribution in [1.29, 1.82) is 0 Å². The molecule has 0 saturated heterocycles. The number of benzene rings is 1. The number of aromatic nitrogens is 2. The molecule has 3 nitrogen and oxygen atoms in total. The molecule has 0 fully saturated rings. The minimum absolute atomic E-state index is 0.347. The molecule has 1 atom stereocenters. The summed E-state index contributed by atoms with van der Waals surface area (Å²) in [6, 6.07) is 12.2. The molecule has 2 aromatic rings. The Morgan fingerprint density at radius 2 is 1.95 bits per heavy atom. The Hall–Kier alpha value is -1.61. The summed E-state index contributed by atoms with van der Waals surface area (Å²) in [6.45, 7) is 4.22. The van der Waals surface area contributed by atoms with Gasteiger partial charge in [0.15, 0.2) is 0 Å². The first-order chi connectivity index (χ1) is 9.68. The van der Waals surface area contributed by atoms with Crippen molar-refractivity contribution in [2.75, 3.05) is 11.2 Å². The number of alkyl halides is 1. The molecule has 2 rings (SSSR count). The summed E-state index contributed by atoms with van der Waals surface area (Å²) in [5, 5.41) is 3.44. The van der Waals surface area contributed by atoms with Crippen molar-refractivity contribution >= 4 is 17.4 Å². The van der Waals surface area contributed by atoms with Gasteiger partial charge in [-0.3, -0.25) is 0 Å². The molecule has 0 aliphatic rings. The monoisotopic (exact) mass is 289 g/mol. The molecule has 4 heteroatoms. The van der Waals surface area contributed by atoms with Gasteiger partial charge in [0, 0.05) is 17.6 Å². The van der Waals surface area contributed by atoms with Gasteiger partial charge in [-0.25, -0.2) is 9.97 Å². The Morgan fingerprint density at radius 3 is 2.60 bits per heavy atom. The SMILES string of the molecule is CCCc1cc(NC(C)(CCl)c2ccccc2)ncn1. The van der Waals surface area contributed by atoms with Gasteiger partial charge in [0.25, 0.3) is 0 Å². The number of aryl methyl sites for hydroxylation is 1. The summed E-state index contributed by atoms with van der Waals surface area (Å²) in [6.07, 6.45) is 3.63. The Labute approximate surface area is 125 Å². The lowest BCUT2D eigenvalue weighted by Crippen LogP contribution is -2.34. The predicted octanol–water partition coefficient (Wildman–Crippen LogP) is 4.00. The molecule has 20 heavy (non-hydrogen) atoms. The maximum atomic E-state index is 6.19. The van der Waals surface area contributed by atoms with E-state index in [1.165, 1.54) is 0 Å². The number of hydrogen-bond donors (Lipinski definition) is 1. The van der Waals surface area contributed by atoms with Crippen molar-refractivity contribution in [1.82, 2.24) is 9.97 Å². The van der Waals surface area contributed by atoms with E-state index in [1.54, 1.807) is 6.33 Å². The summed E-state index contributed by atoms with van der Waals surface area (Å²) in [5.41, 5.74) is 1.85. The molecule has 0 radical (unpaired) electrons. The van der Waals surface area contributed by atoms with E-state index in [1.807, 2.05) is 24.3 Å². The number of rotatable bonds is 6. The van der Waals surface area contributed by atoms with Gasteiger partial charge in [-0.05, 0) is 18.9 Å². The van der Waals surface area contributed by atoms with Crippen LogP contribution >= 0.6 is 11.6 Å². The van der Waals surface area contributed by atoms with Crippen LogP contribution in [0.5, 0.6) is 0 Å². The lowest BCUT2D eigenvalue weighted by atomic mass is 9.94. The number of nitrogens with zero attached hydrogens (tertiary/aromatic N) is 2. The second-order valence-electron chi connectivity index (χ2n) is 5.10. The number of hydrogen-bond acceptors (Lipinski definition) is 3. The fourth-order valence-corrected chi connectivity index (χ4v) is 2.35. The van der Waals surface area contributed by atoms with Crippen LogP contribution in [0.4, 0.5) is 5.82 Å². The van der Waals surface area contributed by atoms with Crippen molar-refractivity contribution < 1.29 is 0 Å². The molecular weight excluding hydrogens is 270 g/mol. The normalized spacial score (nSPS) is 13.8. The van der Waals surface area contributed by atoms with Gasteiger partial charge in [-0.2, -0.15) is 0 Å². The van der Waals surface area contributed by atoms with Gasteiger partial charge in [0.2, 0.25) is 0 Å². The molecule has 1 aromatic heterocycles. The van der Waals surface area contributed by atoms with Crippen LogP contribution in [0.15, 0.2) is 42.7 Å². The molecule has 0 bridgehead atoms. The van der Waals surface area contributed by atoms with E-state index < -0.39 is 0 Å². The first-order valence-electron chi connectivity index (χ1n) is 6.88.